The highest BCUT2D eigenvalue weighted by molar-refractivity contribution is 6.08. The van der Waals surface area contributed by atoms with E-state index in [4.69, 9.17) is 4.74 Å². The lowest BCUT2D eigenvalue weighted by molar-refractivity contribution is 0.0698. The Morgan fingerprint density at radius 3 is 2.52 bits per heavy atom. The van der Waals surface area contributed by atoms with Crippen molar-refractivity contribution in [3.63, 3.8) is 0 Å². The maximum Gasteiger partial charge on any atom is 0.337 e. The minimum atomic E-state index is -1.07. The monoisotopic (exact) mass is 340 g/mol. The Morgan fingerprint density at radius 2 is 1.84 bits per heavy atom. The fourth-order valence-electron chi connectivity index (χ4n) is 2.93. The molecule has 0 saturated carbocycles. The Labute approximate surface area is 146 Å². The first-order valence-electron chi connectivity index (χ1n) is 8.13. The summed E-state index contributed by atoms with van der Waals surface area (Å²) in [4.78, 5) is 26.0. The summed E-state index contributed by atoms with van der Waals surface area (Å²) in [5, 5.41) is 11.9. The van der Waals surface area contributed by atoms with Gasteiger partial charge in [-0.05, 0) is 42.8 Å². The molecule has 1 aliphatic rings. The quantitative estimate of drug-likeness (QED) is 0.895. The van der Waals surface area contributed by atoms with Gasteiger partial charge in [-0.25, -0.2) is 4.79 Å². The molecule has 0 radical (unpaired) electrons. The summed E-state index contributed by atoms with van der Waals surface area (Å²) < 4.78 is 5.37. The van der Waals surface area contributed by atoms with Gasteiger partial charge in [0, 0.05) is 24.3 Å². The van der Waals surface area contributed by atoms with Crippen LogP contribution in [0.2, 0.25) is 0 Å². The average Bonchev–Trinajstić information content (AvgIpc) is 2.62. The summed E-state index contributed by atoms with van der Waals surface area (Å²) in [6.45, 7) is 5.03. The fraction of sp³-hybridized carbons (Fsp3) is 0.263. The first-order chi connectivity index (χ1) is 12.1. The lowest BCUT2D eigenvalue weighted by Crippen LogP contribution is -2.36. The lowest BCUT2D eigenvalue weighted by atomic mass is 10.1. The van der Waals surface area contributed by atoms with Crippen LogP contribution in [-0.2, 0) is 4.74 Å². The van der Waals surface area contributed by atoms with Gasteiger partial charge in [-0.1, -0.05) is 12.1 Å². The molecule has 1 amide bonds. The Bertz CT molecular complexity index is 798. The van der Waals surface area contributed by atoms with Crippen molar-refractivity contribution in [3.8, 4) is 0 Å². The van der Waals surface area contributed by atoms with E-state index in [0.29, 0.717) is 18.8 Å². The minimum Gasteiger partial charge on any atom is -0.478 e. The smallest absolute Gasteiger partial charge is 0.337 e. The number of carbonyl (C=O) groups is 2. The summed E-state index contributed by atoms with van der Waals surface area (Å²) in [6.07, 6.45) is 0. The Balaban J connectivity index is 1.79. The second-order valence-corrected chi connectivity index (χ2v) is 5.91. The third kappa shape index (κ3) is 3.80. The number of benzene rings is 2. The van der Waals surface area contributed by atoms with Gasteiger partial charge in [0.2, 0.25) is 0 Å². The third-order valence-electron chi connectivity index (χ3n) is 4.22. The zero-order valence-electron chi connectivity index (χ0n) is 14.0. The van der Waals surface area contributed by atoms with Crippen molar-refractivity contribution < 1.29 is 19.4 Å². The van der Waals surface area contributed by atoms with E-state index >= 15 is 0 Å². The van der Waals surface area contributed by atoms with Crippen molar-refractivity contribution >= 4 is 23.3 Å². The molecule has 25 heavy (non-hydrogen) atoms. The third-order valence-corrected chi connectivity index (χ3v) is 4.22. The molecule has 0 atom stereocenters. The molecule has 1 heterocycles. The molecule has 1 fully saturated rings. The van der Waals surface area contributed by atoms with E-state index in [1.54, 1.807) is 24.3 Å². The summed E-state index contributed by atoms with van der Waals surface area (Å²) >= 11 is 0. The minimum absolute atomic E-state index is 0.0671. The number of aromatic carboxylic acids is 1. The highest BCUT2D eigenvalue weighted by Gasteiger charge is 2.16. The molecule has 130 valence electrons. The maximum atomic E-state index is 12.5. The van der Waals surface area contributed by atoms with E-state index in [1.165, 1.54) is 6.07 Å². The number of carboxylic acid groups (broad SMARTS) is 1. The molecular formula is C19H20N2O4. The number of aryl methyl sites for hydroxylation is 1. The van der Waals surface area contributed by atoms with E-state index in [1.807, 2.05) is 19.1 Å². The standard InChI is InChI=1S/C19H20N2O4/c1-13-12-14(6-7-17(13)21-8-10-25-11-9-21)18(22)20-16-5-3-2-4-15(16)19(23)24/h2-7,12H,8-11H2,1H3,(H,20,22)(H,23,24). The maximum absolute atomic E-state index is 12.5. The molecular weight excluding hydrogens is 320 g/mol. The molecule has 2 aromatic carbocycles. The number of carbonyl (C=O) groups excluding carboxylic acids is 1. The van der Waals surface area contributed by atoms with Gasteiger partial charge in [-0.15, -0.1) is 0 Å². The Kier molecular flexibility index (Phi) is 5.00. The normalized spacial score (nSPS) is 14.2. The van der Waals surface area contributed by atoms with Gasteiger partial charge in [0.25, 0.3) is 5.91 Å². The molecule has 0 aliphatic carbocycles. The zero-order chi connectivity index (χ0) is 17.8. The number of anilines is 2. The molecule has 3 rings (SSSR count). The van der Waals surface area contributed by atoms with Crippen LogP contribution >= 0.6 is 0 Å². The summed E-state index contributed by atoms with van der Waals surface area (Å²) in [6, 6.07) is 11.9. The van der Waals surface area contributed by atoms with Crippen molar-refractivity contribution in [1.82, 2.24) is 0 Å². The lowest BCUT2D eigenvalue weighted by Gasteiger charge is -2.30. The fourth-order valence-corrected chi connectivity index (χ4v) is 2.93. The van der Waals surface area contributed by atoms with Crippen molar-refractivity contribution in [3.05, 3.63) is 59.2 Å². The number of rotatable bonds is 4. The first kappa shape index (κ1) is 17.0. The van der Waals surface area contributed by atoms with Gasteiger partial charge in [-0.2, -0.15) is 0 Å². The predicted octanol–water partition coefficient (Wildman–Crippen LogP) is 2.78. The van der Waals surface area contributed by atoms with Crippen molar-refractivity contribution in [2.24, 2.45) is 0 Å². The summed E-state index contributed by atoms with van der Waals surface area (Å²) in [5.74, 6) is -1.40. The van der Waals surface area contributed by atoms with E-state index in [9.17, 15) is 14.7 Å². The number of amides is 1. The largest absolute Gasteiger partial charge is 0.478 e. The van der Waals surface area contributed by atoms with E-state index in [0.717, 1.165) is 24.3 Å². The second-order valence-electron chi connectivity index (χ2n) is 5.91. The number of nitrogens with zero attached hydrogens (tertiary/aromatic N) is 1. The highest BCUT2D eigenvalue weighted by atomic mass is 16.5. The van der Waals surface area contributed by atoms with Crippen LogP contribution in [0.5, 0.6) is 0 Å². The number of hydrogen-bond acceptors (Lipinski definition) is 4. The highest BCUT2D eigenvalue weighted by Crippen LogP contribution is 2.23. The van der Waals surface area contributed by atoms with Gasteiger partial charge in [0.15, 0.2) is 0 Å². The summed E-state index contributed by atoms with van der Waals surface area (Å²) in [7, 11) is 0. The van der Waals surface area contributed by atoms with Crippen molar-refractivity contribution in [2.45, 2.75) is 6.92 Å². The predicted molar refractivity (Wildman–Crippen MR) is 95.6 cm³/mol. The van der Waals surface area contributed by atoms with Crippen LogP contribution in [0.1, 0.15) is 26.3 Å². The molecule has 0 aromatic heterocycles. The van der Waals surface area contributed by atoms with E-state index in [2.05, 4.69) is 10.2 Å². The van der Waals surface area contributed by atoms with E-state index in [-0.39, 0.29) is 17.2 Å². The van der Waals surface area contributed by atoms with Gasteiger partial charge in [0.05, 0.1) is 24.5 Å². The molecule has 6 heteroatoms. The van der Waals surface area contributed by atoms with Crippen LogP contribution in [0.3, 0.4) is 0 Å². The van der Waals surface area contributed by atoms with Crippen LogP contribution in [0.15, 0.2) is 42.5 Å². The number of hydrogen-bond donors (Lipinski definition) is 2. The van der Waals surface area contributed by atoms with Crippen LogP contribution in [0.4, 0.5) is 11.4 Å². The van der Waals surface area contributed by atoms with Crippen molar-refractivity contribution in [1.29, 1.82) is 0 Å². The van der Waals surface area contributed by atoms with Crippen LogP contribution in [-0.4, -0.2) is 43.3 Å². The SMILES string of the molecule is Cc1cc(C(=O)Nc2ccccc2C(=O)O)ccc1N1CCOCC1. The Morgan fingerprint density at radius 1 is 1.12 bits per heavy atom. The average molecular weight is 340 g/mol. The molecule has 0 spiro atoms. The molecule has 1 aliphatic heterocycles. The molecule has 0 bridgehead atoms. The Hall–Kier alpha value is -2.86. The number of nitrogens with one attached hydrogen (secondary N) is 1. The van der Waals surface area contributed by atoms with E-state index < -0.39 is 5.97 Å². The van der Waals surface area contributed by atoms with Crippen LogP contribution < -0.4 is 10.2 Å². The van der Waals surface area contributed by atoms with Gasteiger partial charge in [-0.3, -0.25) is 4.79 Å². The molecule has 6 nitrogen and oxygen atoms in total. The first-order valence-corrected chi connectivity index (χ1v) is 8.13. The topological polar surface area (TPSA) is 78.9 Å². The van der Waals surface area contributed by atoms with Crippen LogP contribution in [0.25, 0.3) is 0 Å². The van der Waals surface area contributed by atoms with Gasteiger partial charge < -0.3 is 20.1 Å². The van der Waals surface area contributed by atoms with Gasteiger partial charge >= 0.3 is 5.97 Å². The molecule has 0 unspecified atom stereocenters. The number of ether oxygens (including phenoxy) is 1. The van der Waals surface area contributed by atoms with Crippen molar-refractivity contribution in [2.75, 3.05) is 36.5 Å². The second kappa shape index (κ2) is 7.36. The van der Waals surface area contributed by atoms with Crippen LogP contribution in [0, 0.1) is 6.92 Å². The van der Waals surface area contributed by atoms with Gasteiger partial charge in [0.1, 0.15) is 0 Å². The number of para-hydroxylation sites is 1. The number of carboxylic acids is 1. The summed E-state index contributed by atoms with van der Waals surface area (Å²) in [5.41, 5.74) is 2.94. The molecule has 2 N–H and O–H groups in total. The molecule has 1 saturated heterocycles. The zero-order valence-corrected chi connectivity index (χ0v) is 14.0. The molecule has 2 aromatic rings. The number of morpholine rings is 1.